The Bertz CT molecular complexity index is 217. The van der Waals surface area contributed by atoms with Crippen LogP contribution in [0.25, 0.3) is 0 Å². The summed E-state index contributed by atoms with van der Waals surface area (Å²) in [5, 5.41) is 0. The standard InChI is InChI=1S/C11H18O3/c1-3-4-7-13-11(12)9(2)5-6-10-8-14-10/h5,10H,3-4,6-8H2,1-2H3. The molecule has 14 heavy (non-hydrogen) atoms. The number of rotatable bonds is 6. The molecule has 0 aromatic rings. The lowest BCUT2D eigenvalue weighted by atomic mass is 10.2. The Morgan fingerprint density at radius 3 is 2.93 bits per heavy atom. The third kappa shape index (κ3) is 4.42. The molecule has 1 fully saturated rings. The van der Waals surface area contributed by atoms with Crippen molar-refractivity contribution in [1.82, 2.24) is 0 Å². The van der Waals surface area contributed by atoms with Crippen LogP contribution >= 0.6 is 0 Å². The molecule has 1 unspecified atom stereocenters. The van der Waals surface area contributed by atoms with E-state index in [1.807, 2.05) is 6.08 Å². The van der Waals surface area contributed by atoms with Crippen molar-refractivity contribution in [3.8, 4) is 0 Å². The summed E-state index contributed by atoms with van der Waals surface area (Å²) in [6, 6.07) is 0. The highest BCUT2D eigenvalue weighted by Gasteiger charge is 2.21. The molecule has 0 radical (unpaired) electrons. The zero-order valence-electron chi connectivity index (χ0n) is 8.91. The normalized spacial score (nSPS) is 20.7. The zero-order valence-corrected chi connectivity index (χ0v) is 8.91. The van der Waals surface area contributed by atoms with Gasteiger partial charge in [-0.3, -0.25) is 0 Å². The molecule has 0 aromatic heterocycles. The Balaban J connectivity index is 2.16. The number of carbonyl (C=O) groups excluding carboxylic acids is 1. The van der Waals surface area contributed by atoms with E-state index >= 15 is 0 Å². The van der Waals surface area contributed by atoms with Gasteiger partial charge in [-0.05, 0) is 19.8 Å². The molecule has 3 nitrogen and oxygen atoms in total. The van der Waals surface area contributed by atoms with Gasteiger partial charge in [-0.2, -0.15) is 0 Å². The Labute approximate surface area is 85.1 Å². The van der Waals surface area contributed by atoms with Gasteiger partial charge in [0.2, 0.25) is 0 Å². The van der Waals surface area contributed by atoms with Crippen molar-refractivity contribution in [3.63, 3.8) is 0 Å². The maximum Gasteiger partial charge on any atom is 0.333 e. The average molecular weight is 198 g/mol. The fourth-order valence-electron chi connectivity index (χ4n) is 1.02. The second-order valence-corrected chi connectivity index (χ2v) is 3.57. The minimum Gasteiger partial charge on any atom is -0.462 e. The predicted octanol–water partition coefficient (Wildman–Crippen LogP) is 2.06. The summed E-state index contributed by atoms with van der Waals surface area (Å²) in [5.41, 5.74) is 0.691. The summed E-state index contributed by atoms with van der Waals surface area (Å²) in [6.45, 7) is 5.22. The lowest BCUT2D eigenvalue weighted by molar-refractivity contribution is -0.139. The first-order chi connectivity index (χ1) is 6.74. The number of hydrogen-bond donors (Lipinski definition) is 0. The summed E-state index contributed by atoms with van der Waals surface area (Å²) < 4.78 is 10.1. The molecular weight excluding hydrogens is 180 g/mol. The van der Waals surface area contributed by atoms with Crippen molar-refractivity contribution in [3.05, 3.63) is 11.6 Å². The van der Waals surface area contributed by atoms with E-state index in [1.54, 1.807) is 6.92 Å². The van der Waals surface area contributed by atoms with Crippen molar-refractivity contribution < 1.29 is 14.3 Å². The molecule has 1 saturated heterocycles. The minimum absolute atomic E-state index is 0.195. The van der Waals surface area contributed by atoms with Crippen LogP contribution in [0.15, 0.2) is 11.6 Å². The van der Waals surface area contributed by atoms with Gasteiger partial charge < -0.3 is 9.47 Å². The fourth-order valence-corrected chi connectivity index (χ4v) is 1.02. The highest BCUT2D eigenvalue weighted by atomic mass is 16.6. The maximum absolute atomic E-state index is 11.3. The van der Waals surface area contributed by atoms with Gasteiger partial charge in [-0.25, -0.2) is 4.79 Å². The molecule has 0 N–H and O–H groups in total. The van der Waals surface area contributed by atoms with Crippen molar-refractivity contribution in [2.45, 2.75) is 39.2 Å². The number of unbranched alkanes of at least 4 members (excludes halogenated alkanes) is 1. The first-order valence-electron chi connectivity index (χ1n) is 5.19. The third-order valence-electron chi connectivity index (χ3n) is 2.14. The minimum atomic E-state index is -0.195. The van der Waals surface area contributed by atoms with Crippen molar-refractivity contribution >= 4 is 5.97 Å². The van der Waals surface area contributed by atoms with Gasteiger partial charge in [0.05, 0.1) is 19.3 Å². The molecule has 1 heterocycles. The molecule has 0 aliphatic carbocycles. The lowest BCUT2D eigenvalue weighted by Gasteiger charge is -2.03. The summed E-state index contributed by atoms with van der Waals surface area (Å²) in [7, 11) is 0. The van der Waals surface area contributed by atoms with Gasteiger partial charge in [0.1, 0.15) is 0 Å². The van der Waals surface area contributed by atoms with Crippen LogP contribution in [0.5, 0.6) is 0 Å². The summed E-state index contributed by atoms with van der Waals surface area (Å²) >= 11 is 0. The van der Waals surface area contributed by atoms with Gasteiger partial charge in [-0.1, -0.05) is 19.4 Å². The second kappa shape index (κ2) is 5.81. The maximum atomic E-state index is 11.3. The van der Waals surface area contributed by atoms with Gasteiger partial charge in [0, 0.05) is 5.57 Å². The summed E-state index contributed by atoms with van der Waals surface area (Å²) in [6.07, 6.45) is 5.05. The average Bonchev–Trinajstić information content (AvgIpc) is 2.98. The van der Waals surface area contributed by atoms with Gasteiger partial charge in [0.25, 0.3) is 0 Å². The van der Waals surface area contributed by atoms with Gasteiger partial charge in [0.15, 0.2) is 0 Å². The third-order valence-corrected chi connectivity index (χ3v) is 2.14. The van der Waals surface area contributed by atoms with Crippen LogP contribution in [0, 0.1) is 0 Å². The Kier molecular flexibility index (Phi) is 4.66. The second-order valence-electron chi connectivity index (χ2n) is 3.57. The van der Waals surface area contributed by atoms with Gasteiger partial charge in [-0.15, -0.1) is 0 Å². The van der Waals surface area contributed by atoms with Crippen LogP contribution in [0.2, 0.25) is 0 Å². The molecule has 1 atom stereocenters. The van der Waals surface area contributed by atoms with Crippen molar-refractivity contribution in [1.29, 1.82) is 0 Å². The molecule has 1 rings (SSSR count). The number of esters is 1. The Morgan fingerprint density at radius 2 is 2.36 bits per heavy atom. The number of hydrogen-bond acceptors (Lipinski definition) is 3. The number of ether oxygens (including phenoxy) is 2. The quantitative estimate of drug-likeness (QED) is 0.284. The van der Waals surface area contributed by atoms with E-state index in [9.17, 15) is 4.79 Å². The molecule has 0 aromatic carbocycles. The summed E-state index contributed by atoms with van der Waals surface area (Å²) in [4.78, 5) is 11.3. The van der Waals surface area contributed by atoms with E-state index in [4.69, 9.17) is 9.47 Å². The lowest BCUT2D eigenvalue weighted by Crippen LogP contribution is -2.07. The largest absolute Gasteiger partial charge is 0.462 e. The highest BCUT2D eigenvalue weighted by molar-refractivity contribution is 5.87. The molecule has 80 valence electrons. The van der Waals surface area contributed by atoms with Gasteiger partial charge >= 0.3 is 5.97 Å². The van der Waals surface area contributed by atoms with E-state index in [0.717, 1.165) is 25.9 Å². The van der Waals surface area contributed by atoms with E-state index < -0.39 is 0 Å². The van der Waals surface area contributed by atoms with Crippen molar-refractivity contribution in [2.24, 2.45) is 0 Å². The number of epoxide rings is 1. The SMILES string of the molecule is CCCCOC(=O)C(C)=CCC1CO1. The molecule has 3 heteroatoms. The Hall–Kier alpha value is -0.830. The fraction of sp³-hybridized carbons (Fsp3) is 0.727. The molecule has 1 aliphatic heterocycles. The van der Waals surface area contributed by atoms with Crippen molar-refractivity contribution in [2.75, 3.05) is 13.2 Å². The summed E-state index contributed by atoms with van der Waals surface area (Å²) in [5.74, 6) is -0.195. The van der Waals surface area contributed by atoms with Crippen LogP contribution in [-0.2, 0) is 14.3 Å². The monoisotopic (exact) mass is 198 g/mol. The van der Waals surface area contributed by atoms with E-state index in [2.05, 4.69) is 6.92 Å². The number of carbonyl (C=O) groups is 1. The van der Waals surface area contributed by atoms with E-state index in [0.29, 0.717) is 18.3 Å². The molecule has 0 saturated carbocycles. The topological polar surface area (TPSA) is 38.8 Å². The van der Waals surface area contributed by atoms with E-state index in [1.165, 1.54) is 0 Å². The molecule has 0 bridgehead atoms. The van der Waals surface area contributed by atoms with Crippen LogP contribution < -0.4 is 0 Å². The first-order valence-corrected chi connectivity index (χ1v) is 5.19. The van der Waals surface area contributed by atoms with Crippen LogP contribution in [0.4, 0.5) is 0 Å². The molecule has 1 aliphatic rings. The zero-order chi connectivity index (χ0) is 10.4. The Morgan fingerprint density at radius 1 is 1.64 bits per heavy atom. The molecule has 0 amide bonds. The predicted molar refractivity (Wildman–Crippen MR) is 54.0 cm³/mol. The van der Waals surface area contributed by atoms with Crippen LogP contribution in [0.3, 0.4) is 0 Å². The molecule has 0 spiro atoms. The van der Waals surface area contributed by atoms with Crippen LogP contribution in [-0.4, -0.2) is 25.3 Å². The smallest absolute Gasteiger partial charge is 0.333 e. The highest BCUT2D eigenvalue weighted by Crippen LogP contribution is 2.15. The van der Waals surface area contributed by atoms with Crippen LogP contribution in [0.1, 0.15) is 33.1 Å². The molecular formula is C11H18O3. The first kappa shape index (κ1) is 11.2. The van der Waals surface area contributed by atoms with E-state index in [-0.39, 0.29) is 5.97 Å².